The van der Waals surface area contributed by atoms with Crippen molar-refractivity contribution in [1.29, 1.82) is 0 Å². The Balaban J connectivity index is 1.68. The average Bonchev–Trinajstić information content (AvgIpc) is 2.40. The molecule has 2 heterocycles. The molecule has 1 fully saturated rings. The van der Waals surface area contributed by atoms with E-state index in [1.54, 1.807) is 4.90 Å². The number of ether oxygens (including phenoxy) is 1. The first-order chi connectivity index (χ1) is 10.7. The molecule has 23 heavy (non-hydrogen) atoms. The number of likely N-dealkylation sites (tertiary alicyclic amines) is 1. The average molecular weight is 319 g/mol. The number of nitrogens with zero attached hydrogens (tertiary/aromatic N) is 2. The topological polar surface area (TPSA) is 54.5 Å². The number of aryl methyl sites for hydroxylation is 1. The van der Waals surface area contributed by atoms with Crippen LogP contribution in [0.15, 0.2) is 18.5 Å². The number of nitrogens with one attached hydrogen (secondary N) is 1. The lowest BCUT2D eigenvalue weighted by Crippen LogP contribution is -2.61. The third-order valence-electron chi connectivity index (χ3n) is 4.06. The van der Waals surface area contributed by atoms with Gasteiger partial charge in [-0.1, -0.05) is 6.92 Å². The minimum Gasteiger partial charge on any atom is -0.444 e. The third kappa shape index (κ3) is 5.20. The summed E-state index contributed by atoms with van der Waals surface area (Å²) < 4.78 is 5.39. The predicted molar refractivity (Wildman–Crippen MR) is 91.5 cm³/mol. The third-order valence-corrected chi connectivity index (χ3v) is 4.06. The second-order valence-corrected chi connectivity index (χ2v) is 7.88. The first kappa shape index (κ1) is 17.7. The maximum atomic E-state index is 12.0. The van der Waals surface area contributed by atoms with E-state index in [1.807, 2.05) is 33.2 Å². The molecule has 0 aromatic carbocycles. The summed E-state index contributed by atoms with van der Waals surface area (Å²) in [7, 11) is 0. The second-order valence-electron chi connectivity index (χ2n) is 7.88. The number of pyridine rings is 1. The van der Waals surface area contributed by atoms with E-state index < -0.39 is 5.60 Å². The van der Waals surface area contributed by atoms with Gasteiger partial charge >= 0.3 is 6.09 Å². The zero-order chi connectivity index (χ0) is 17.1. The summed E-state index contributed by atoms with van der Waals surface area (Å²) in [5.41, 5.74) is 2.29. The SMILES string of the molecule is Cc1cnccc1CCNCC1(C)CN(C(=O)OC(C)(C)C)C1. The van der Waals surface area contributed by atoms with Crippen molar-refractivity contribution in [3.05, 3.63) is 29.6 Å². The molecule has 5 nitrogen and oxygen atoms in total. The van der Waals surface area contributed by atoms with Gasteiger partial charge in [0.1, 0.15) is 5.60 Å². The standard InChI is InChI=1S/C18H29N3O2/c1-14-10-19-8-6-15(14)7-9-20-11-18(5)12-21(13-18)16(22)23-17(2,3)4/h6,8,10,20H,7,9,11-13H2,1-5H3. The van der Waals surface area contributed by atoms with Crippen molar-refractivity contribution >= 4 is 6.09 Å². The largest absolute Gasteiger partial charge is 0.444 e. The van der Waals surface area contributed by atoms with E-state index in [1.165, 1.54) is 11.1 Å². The van der Waals surface area contributed by atoms with Gasteiger partial charge in [0.05, 0.1) is 0 Å². The van der Waals surface area contributed by atoms with Gasteiger partial charge in [-0.05, 0) is 57.9 Å². The zero-order valence-electron chi connectivity index (χ0n) is 15.0. The molecule has 0 unspecified atom stereocenters. The summed E-state index contributed by atoms with van der Waals surface area (Å²) in [4.78, 5) is 17.9. The number of carbonyl (C=O) groups is 1. The smallest absolute Gasteiger partial charge is 0.410 e. The van der Waals surface area contributed by atoms with Gasteiger partial charge in [-0.2, -0.15) is 0 Å². The highest BCUT2D eigenvalue weighted by atomic mass is 16.6. The Morgan fingerprint density at radius 1 is 1.43 bits per heavy atom. The molecule has 2 rings (SSSR count). The van der Waals surface area contributed by atoms with E-state index >= 15 is 0 Å². The van der Waals surface area contributed by atoms with E-state index in [-0.39, 0.29) is 11.5 Å². The molecular weight excluding hydrogens is 290 g/mol. The Hall–Kier alpha value is -1.62. The Bertz CT molecular complexity index is 545. The van der Waals surface area contributed by atoms with Crippen LogP contribution in [0.2, 0.25) is 0 Å². The molecular formula is C18H29N3O2. The number of amides is 1. The van der Waals surface area contributed by atoms with Crippen molar-refractivity contribution in [2.75, 3.05) is 26.2 Å². The molecule has 1 aliphatic rings. The zero-order valence-corrected chi connectivity index (χ0v) is 15.0. The molecule has 5 heteroatoms. The number of aromatic nitrogens is 1. The highest BCUT2D eigenvalue weighted by Crippen LogP contribution is 2.30. The quantitative estimate of drug-likeness (QED) is 0.848. The Morgan fingerprint density at radius 2 is 2.13 bits per heavy atom. The number of carbonyl (C=O) groups excluding carboxylic acids is 1. The Kier molecular flexibility index (Phi) is 5.30. The molecule has 0 atom stereocenters. The Labute approximate surface area is 139 Å². The van der Waals surface area contributed by atoms with Crippen molar-refractivity contribution in [2.45, 2.75) is 46.6 Å². The molecule has 0 aliphatic carbocycles. The van der Waals surface area contributed by atoms with Gasteiger partial charge in [-0.3, -0.25) is 4.98 Å². The van der Waals surface area contributed by atoms with Crippen LogP contribution in [0.5, 0.6) is 0 Å². The molecule has 0 spiro atoms. The summed E-state index contributed by atoms with van der Waals surface area (Å²) in [6.07, 6.45) is 4.54. The van der Waals surface area contributed by atoms with Crippen LogP contribution in [0.1, 0.15) is 38.8 Å². The van der Waals surface area contributed by atoms with E-state index in [2.05, 4.69) is 30.2 Å². The van der Waals surface area contributed by atoms with E-state index in [0.717, 1.165) is 32.6 Å². The fraction of sp³-hybridized carbons (Fsp3) is 0.667. The van der Waals surface area contributed by atoms with E-state index in [9.17, 15) is 4.79 Å². The van der Waals surface area contributed by atoms with Gasteiger partial charge in [0.2, 0.25) is 0 Å². The molecule has 1 amide bonds. The summed E-state index contributed by atoms with van der Waals surface area (Å²) in [6.45, 7) is 13.3. The van der Waals surface area contributed by atoms with Crippen LogP contribution in [-0.2, 0) is 11.2 Å². The lowest BCUT2D eigenvalue weighted by Gasteiger charge is -2.48. The highest BCUT2D eigenvalue weighted by Gasteiger charge is 2.42. The first-order valence-corrected chi connectivity index (χ1v) is 8.27. The minimum atomic E-state index is -0.427. The Morgan fingerprint density at radius 3 is 2.74 bits per heavy atom. The van der Waals surface area contributed by atoms with Gasteiger partial charge in [0.25, 0.3) is 0 Å². The summed E-state index contributed by atoms with van der Waals surface area (Å²) in [5.74, 6) is 0. The summed E-state index contributed by atoms with van der Waals surface area (Å²) in [6, 6.07) is 2.08. The molecule has 1 aliphatic heterocycles. The van der Waals surface area contributed by atoms with Crippen LogP contribution in [0, 0.1) is 12.3 Å². The summed E-state index contributed by atoms with van der Waals surface area (Å²) >= 11 is 0. The van der Waals surface area contributed by atoms with Crippen molar-refractivity contribution in [1.82, 2.24) is 15.2 Å². The molecule has 1 aromatic heterocycles. The van der Waals surface area contributed by atoms with Gasteiger partial charge in [-0.15, -0.1) is 0 Å². The van der Waals surface area contributed by atoms with Crippen LogP contribution < -0.4 is 5.32 Å². The van der Waals surface area contributed by atoms with Gasteiger partial charge in [-0.25, -0.2) is 4.79 Å². The number of rotatable bonds is 5. The fourth-order valence-electron chi connectivity index (χ4n) is 2.84. The van der Waals surface area contributed by atoms with Crippen molar-refractivity contribution in [3.8, 4) is 0 Å². The van der Waals surface area contributed by atoms with E-state index in [4.69, 9.17) is 4.74 Å². The van der Waals surface area contributed by atoms with Gasteiger partial charge < -0.3 is 15.0 Å². The second kappa shape index (κ2) is 6.87. The maximum absolute atomic E-state index is 12.0. The van der Waals surface area contributed by atoms with Crippen LogP contribution in [0.4, 0.5) is 4.79 Å². The number of hydrogen-bond donors (Lipinski definition) is 1. The molecule has 1 saturated heterocycles. The molecule has 0 bridgehead atoms. The van der Waals surface area contributed by atoms with Crippen molar-refractivity contribution in [3.63, 3.8) is 0 Å². The lowest BCUT2D eigenvalue weighted by molar-refractivity contribution is -0.0271. The summed E-state index contributed by atoms with van der Waals surface area (Å²) in [5, 5.41) is 3.51. The predicted octanol–water partition coefficient (Wildman–Crippen LogP) is 2.78. The van der Waals surface area contributed by atoms with Gasteiger partial charge in [0, 0.05) is 37.4 Å². The van der Waals surface area contributed by atoms with Crippen LogP contribution in [0.25, 0.3) is 0 Å². The molecule has 1 N–H and O–H groups in total. The highest BCUT2D eigenvalue weighted by molar-refractivity contribution is 5.69. The fourth-order valence-corrected chi connectivity index (χ4v) is 2.84. The van der Waals surface area contributed by atoms with Crippen LogP contribution >= 0.6 is 0 Å². The molecule has 128 valence electrons. The molecule has 1 aromatic rings. The minimum absolute atomic E-state index is 0.143. The van der Waals surface area contributed by atoms with E-state index in [0.29, 0.717) is 0 Å². The van der Waals surface area contributed by atoms with Crippen molar-refractivity contribution < 1.29 is 9.53 Å². The monoisotopic (exact) mass is 319 g/mol. The lowest BCUT2D eigenvalue weighted by atomic mass is 9.82. The number of hydrogen-bond acceptors (Lipinski definition) is 4. The van der Waals surface area contributed by atoms with Crippen molar-refractivity contribution in [2.24, 2.45) is 5.41 Å². The van der Waals surface area contributed by atoms with Crippen LogP contribution in [-0.4, -0.2) is 47.8 Å². The molecule has 0 radical (unpaired) electrons. The normalized spacial score (nSPS) is 16.8. The van der Waals surface area contributed by atoms with Crippen LogP contribution in [0.3, 0.4) is 0 Å². The molecule has 0 saturated carbocycles. The van der Waals surface area contributed by atoms with Gasteiger partial charge in [0.15, 0.2) is 0 Å². The maximum Gasteiger partial charge on any atom is 0.410 e. The first-order valence-electron chi connectivity index (χ1n) is 8.27.